The Kier molecular flexibility index (Phi) is 4.81. The molecular formula is C18H12Cl2F3N3O2. The van der Waals surface area contributed by atoms with E-state index in [1.807, 2.05) is 4.90 Å². The first-order chi connectivity index (χ1) is 13.2. The number of benzene rings is 1. The largest absolute Gasteiger partial charge is 0.451 e. The average Bonchev–Trinajstić information content (AvgIpc) is 2.64. The van der Waals surface area contributed by atoms with Crippen molar-refractivity contribution in [2.45, 2.75) is 25.7 Å². The molecule has 0 saturated carbocycles. The maximum Gasteiger partial charge on any atom is 0.451 e. The van der Waals surface area contributed by atoms with Gasteiger partial charge in [-0.3, -0.25) is 4.90 Å². The van der Waals surface area contributed by atoms with Crippen LogP contribution in [0.4, 0.5) is 13.2 Å². The zero-order valence-electron chi connectivity index (χ0n) is 14.2. The first kappa shape index (κ1) is 19.2. The Morgan fingerprint density at radius 2 is 2.04 bits per heavy atom. The van der Waals surface area contributed by atoms with Crippen LogP contribution < -0.4 is 5.63 Å². The van der Waals surface area contributed by atoms with Crippen LogP contribution in [-0.2, 0) is 25.7 Å². The van der Waals surface area contributed by atoms with E-state index in [-0.39, 0.29) is 17.1 Å². The fourth-order valence-corrected chi connectivity index (χ4v) is 3.64. The maximum atomic E-state index is 12.8. The Balaban J connectivity index is 1.62. The topological polar surface area (TPSA) is 59.2 Å². The van der Waals surface area contributed by atoms with Crippen molar-refractivity contribution < 1.29 is 17.6 Å². The van der Waals surface area contributed by atoms with Crippen molar-refractivity contribution >= 4 is 34.2 Å². The van der Waals surface area contributed by atoms with E-state index in [4.69, 9.17) is 27.6 Å². The zero-order chi connectivity index (χ0) is 20.1. The number of hydrogen-bond donors (Lipinski definition) is 0. The van der Waals surface area contributed by atoms with Gasteiger partial charge in [0.05, 0.1) is 16.3 Å². The van der Waals surface area contributed by atoms with Crippen LogP contribution in [0.1, 0.15) is 22.6 Å². The monoisotopic (exact) mass is 429 g/mol. The molecule has 10 heteroatoms. The van der Waals surface area contributed by atoms with Gasteiger partial charge < -0.3 is 4.42 Å². The van der Waals surface area contributed by atoms with Gasteiger partial charge in [0.1, 0.15) is 5.58 Å². The average molecular weight is 430 g/mol. The number of fused-ring (bicyclic) bond motifs is 2. The van der Waals surface area contributed by atoms with Crippen molar-refractivity contribution in [1.29, 1.82) is 0 Å². The number of hydrogen-bond acceptors (Lipinski definition) is 5. The van der Waals surface area contributed by atoms with Gasteiger partial charge in [-0.25, -0.2) is 14.8 Å². The molecule has 3 heterocycles. The molecular weight excluding hydrogens is 418 g/mol. The van der Waals surface area contributed by atoms with Crippen molar-refractivity contribution in [2.24, 2.45) is 0 Å². The highest BCUT2D eigenvalue weighted by molar-refractivity contribution is 6.37. The van der Waals surface area contributed by atoms with Crippen LogP contribution in [0.25, 0.3) is 11.0 Å². The van der Waals surface area contributed by atoms with E-state index in [1.54, 1.807) is 18.2 Å². The molecule has 0 N–H and O–H groups in total. The third-order valence-corrected chi connectivity index (χ3v) is 5.21. The minimum absolute atomic E-state index is 0.185. The molecule has 3 aromatic rings. The van der Waals surface area contributed by atoms with Gasteiger partial charge in [-0.2, -0.15) is 13.2 Å². The molecule has 28 heavy (non-hydrogen) atoms. The van der Waals surface area contributed by atoms with Crippen LogP contribution in [0.2, 0.25) is 10.0 Å². The van der Waals surface area contributed by atoms with E-state index < -0.39 is 17.6 Å². The van der Waals surface area contributed by atoms with E-state index in [0.717, 1.165) is 0 Å². The first-order valence-electron chi connectivity index (χ1n) is 8.27. The van der Waals surface area contributed by atoms with E-state index in [2.05, 4.69) is 9.97 Å². The lowest BCUT2D eigenvalue weighted by atomic mass is 10.1. The molecule has 0 radical (unpaired) electrons. The molecule has 5 nitrogen and oxygen atoms in total. The lowest BCUT2D eigenvalue weighted by Gasteiger charge is -2.28. The molecule has 0 aliphatic carbocycles. The van der Waals surface area contributed by atoms with Crippen molar-refractivity contribution in [2.75, 3.05) is 6.54 Å². The fraction of sp³-hybridized carbons (Fsp3) is 0.278. The summed E-state index contributed by atoms with van der Waals surface area (Å²) in [6, 6.07) is 4.78. The number of aromatic nitrogens is 2. The van der Waals surface area contributed by atoms with Crippen LogP contribution in [0.3, 0.4) is 0 Å². The highest BCUT2D eigenvalue weighted by atomic mass is 35.5. The summed E-state index contributed by atoms with van der Waals surface area (Å²) >= 11 is 12.4. The number of nitrogens with zero attached hydrogens (tertiary/aromatic N) is 3. The van der Waals surface area contributed by atoms with E-state index in [9.17, 15) is 18.0 Å². The summed E-state index contributed by atoms with van der Waals surface area (Å²) in [5.74, 6) is -1.14. The van der Waals surface area contributed by atoms with Crippen LogP contribution in [0.5, 0.6) is 0 Å². The smallest absolute Gasteiger partial charge is 0.422 e. The van der Waals surface area contributed by atoms with Crippen molar-refractivity contribution in [1.82, 2.24) is 14.9 Å². The third kappa shape index (κ3) is 3.59. The first-order valence-corrected chi connectivity index (χ1v) is 9.03. The fourth-order valence-electron chi connectivity index (χ4n) is 3.18. The molecule has 4 rings (SSSR count). The molecule has 0 amide bonds. The molecule has 0 fully saturated rings. The van der Waals surface area contributed by atoms with Gasteiger partial charge in [-0.15, -0.1) is 0 Å². The maximum absolute atomic E-state index is 12.8. The van der Waals surface area contributed by atoms with Gasteiger partial charge in [-0.1, -0.05) is 23.2 Å². The van der Waals surface area contributed by atoms with Crippen LogP contribution in [0, 0.1) is 0 Å². The molecule has 0 bridgehead atoms. The molecule has 0 unspecified atom stereocenters. The summed E-state index contributed by atoms with van der Waals surface area (Å²) in [5, 5.41) is 1.24. The van der Waals surface area contributed by atoms with Gasteiger partial charge in [-0.05, 0) is 18.2 Å². The van der Waals surface area contributed by atoms with E-state index in [0.29, 0.717) is 46.8 Å². The quantitative estimate of drug-likeness (QED) is 0.562. The Morgan fingerprint density at radius 1 is 1.25 bits per heavy atom. The van der Waals surface area contributed by atoms with E-state index in [1.165, 1.54) is 6.20 Å². The van der Waals surface area contributed by atoms with Crippen LogP contribution in [0.15, 0.2) is 33.6 Å². The second kappa shape index (κ2) is 7.02. The predicted octanol–water partition coefficient (Wildman–Crippen LogP) is 4.47. The lowest BCUT2D eigenvalue weighted by Crippen LogP contribution is -2.33. The highest BCUT2D eigenvalue weighted by Crippen LogP contribution is 2.30. The minimum Gasteiger partial charge on any atom is -0.422 e. The second-order valence-electron chi connectivity index (χ2n) is 6.45. The van der Waals surface area contributed by atoms with Gasteiger partial charge in [0.15, 0.2) is 0 Å². The molecule has 0 spiro atoms. The SMILES string of the molecule is O=c1oc2ccc(Cl)cc2c(Cl)c1CN1CCc2nc(C(F)(F)F)ncc2C1. The Bertz CT molecular complexity index is 1130. The van der Waals surface area contributed by atoms with Gasteiger partial charge in [0, 0.05) is 48.2 Å². The predicted molar refractivity (Wildman–Crippen MR) is 97.4 cm³/mol. The van der Waals surface area contributed by atoms with Gasteiger partial charge in [0.2, 0.25) is 5.82 Å². The standard InChI is InChI=1S/C18H12Cl2F3N3O2/c19-10-1-2-14-11(5-10)15(20)12(16(27)28-14)8-26-4-3-13-9(7-26)6-24-17(25-13)18(21,22)23/h1-2,5-6H,3-4,7-8H2. The molecule has 2 aromatic heterocycles. The second-order valence-corrected chi connectivity index (χ2v) is 7.26. The van der Waals surface area contributed by atoms with E-state index >= 15 is 0 Å². The summed E-state index contributed by atoms with van der Waals surface area (Å²) in [4.78, 5) is 21.3. The summed E-state index contributed by atoms with van der Waals surface area (Å²) in [7, 11) is 0. The third-order valence-electron chi connectivity index (χ3n) is 4.54. The summed E-state index contributed by atoms with van der Waals surface area (Å²) in [6.07, 6.45) is -3.09. The van der Waals surface area contributed by atoms with Crippen molar-refractivity contribution in [3.63, 3.8) is 0 Å². The van der Waals surface area contributed by atoms with Gasteiger partial charge in [0.25, 0.3) is 0 Å². The highest BCUT2D eigenvalue weighted by Gasteiger charge is 2.35. The molecule has 0 saturated heterocycles. The Morgan fingerprint density at radius 3 is 2.79 bits per heavy atom. The Labute approximate surface area is 166 Å². The Hall–Kier alpha value is -2.16. The summed E-state index contributed by atoms with van der Waals surface area (Å²) in [6.45, 7) is 0.908. The minimum atomic E-state index is -4.58. The molecule has 1 aliphatic rings. The van der Waals surface area contributed by atoms with Crippen molar-refractivity contribution in [3.8, 4) is 0 Å². The van der Waals surface area contributed by atoms with Crippen molar-refractivity contribution in [3.05, 3.63) is 67.5 Å². The summed E-state index contributed by atoms with van der Waals surface area (Å²) < 4.78 is 43.6. The normalized spacial score (nSPS) is 15.0. The zero-order valence-corrected chi connectivity index (χ0v) is 15.7. The van der Waals surface area contributed by atoms with Crippen LogP contribution >= 0.6 is 23.2 Å². The van der Waals surface area contributed by atoms with Gasteiger partial charge >= 0.3 is 11.8 Å². The number of rotatable bonds is 2. The number of alkyl halides is 3. The molecule has 146 valence electrons. The summed E-state index contributed by atoms with van der Waals surface area (Å²) in [5.41, 5.74) is 0.993. The molecule has 1 aliphatic heterocycles. The molecule has 1 aromatic carbocycles. The van der Waals surface area contributed by atoms with Crippen LogP contribution in [-0.4, -0.2) is 21.4 Å². The number of halogens is 5. The lowest BCUT2D eigenvalue weighted by molar-refractivity contribution is -0.145. The molecule has 0 atom stereocenters.